The van der Waals surface area contributed by atoms with E-state index in [-0.39, 0.29) is 30.6 Å². The maximum Gasteiger partial charge on any atom is 0.338 e. The third-order valence-electron chi connectivity index (χ3n) is 10.4. The van der Waals surface area contributed by atoms with Crippen molar-refractivity contribution in [3.63, 3.8) is 0 Å². The number of benzene rings is 1. The minimum Gasteiger partial charge on any atom is -0.455 e. The second-order valence-electron chi connectivity index (χ2n) is 13.0. The van der Waals surface area contributed by atoms with E-state index in [0.717, 1.165) is 0 Å². The first-order valence-electron chi connectivity index (χ1n) is 14.2. The largest absolute Gasteiger partial charge is 0.455 e. The predicted molar refractivity (Wildman–Crippen MR) is 146 cm³/mol. The van der Waals surface area contributed by atoms with Crippen LogP contribution in [-0.2, 0) is 28.5 Å². The molecule has 1 heterocycles. The average Bonchev–Trinajstić information content (AvgIpc) is 2.90. The second kappa shape index (κ2) is 10.1. The van der Waals surface area contributed by atoms with Crippen LogP contribution in [0.15, 0.2) is 41.5 Å². The fraction of sp³-hybridized carbons (Fsp3) is 0.645. The molecule has 2 saturated carbocycles. The van der Waals surface area contributed by atoms with Gasteiger partial charge in [0.15, 0.2) is 11.7 Å². The minimum absolute atomic E-state index is 0.0496. The van der Waals surface area contributed by atoms with Crippen molar-refractivity contribution in [2.45, 2.75) is 102 Å². The standard InChI is InChI=1S/C31H40O11/c1-15-19(34)13-31(38)26(41-27(37)18-10-8-7-9-11-18)24-29(6,20(35)12-21-30(24,14-39-21)42-17(3)33)25(36)23(40-16(2)32)22(15)28(31,4)5/h7-11,19-21,23-26,34-36,38H,12-14H2,1-6H3/t19-,20-,21+,23+,24?,25-,26-,29+,30-,31+/m0/s1. The van der Waals surface area contributed by atoms with Crippen molar-refractivity contribution in [3.8, 4) is 0 Å². The van der Waals surface area contributed by atoms with E-state index in [1.54, 1.807) is 58.0 Å². The normalized spacial score (nSPS) is 42.1. The van der Waals surface area contributed by atoms with E-state index in [1.807, 2.05) is 0 Å². The van der Waals surface area contributed by atoms with Crippen molar-refractivity contribution in [1.82, 2.24) is 0 Å². The Morgan fingerprint density at radius 2 is 1.62 bits per heavy atom. The minimum atomic E-state index is -2.07. The molecule has 1 aromatic carbocycles. The number of ether oxygens (including phenoxy) is 4. The van der Waals surface area contributed by atoms with Crippen LogP contribution in [0.3, 0.4) is 0 Å². The Bertz CT molecular complexity index is 1310. The molecule has 0 aromatic heterocycles. The van der Waals surface area contributed by atoms with E-state index in [2.05, 4.69) is 0 Å². The zero-order valence-corrected chi connectivity index (χ0v) is 24.7. The van der Waals surface area contributed by atoms with E-state index in [0.29, 0.717) is 5.57 Å². The summed E-state index contributed by atoms with van der Waals surface area (Å²) in [4.78, 5) is 38.7. The van der Waals surface area contributed by atoms with Crippen LogP contribution in [0, 0.1) is 16.7 Å². The van der Waals surface area contributed by atoms with E-state index >= 15 is 0 Å². The topological polar surface area (TPSA) is 169 Å². The van der Waals surface area contributed by atoms with Gasteiger partial charge in [-0.05, 0) is 30.2 Å². The van der Waals surface area contributed by atoms with Crippen molar-refractivity contribution in [2.24, 2.45) is 16.7 Å². The van der Waals surface area contributed by atoms with Crippen LogP contribution in [0.1, 0.15) is 64.7 Å². The summed E-state index contributed by atoms with van der Waals surface area (Å²) < 4.78 is 23.7. The molecule has 11 heteroatoms. The maximum absolute atomic E-state index is 13.7. The fourth-order valence-corrected chi connectivity index (χ4v) is 8.15. The number of carbonyl (C=O) groups excluding carboxylic acids is 3. The molecule has 3 fully saturated rings. The van der Waals surface area contributed by atoms with Gasteiger partial charge >= 0.3 is 17.9 Å². The molecule has 42 heavy (non-hydrogen) atoms. The Morgan fingerprint density at radius 3 is 2.17 bits per heavy atom. The molecule has 0 radical (unpaired) electrons. The van der Waals surface area contributed by atoms with Crippen LogP contribution in [0.4, 0.5) is 0 Å². The Labute approximate surface area is 244 Å². The van der Waals surface area contributed by atoms with Crippen molar-refractivity contribution < 1.29 is 53.8 Å². The first kappa shape index (κ1) is 30.6. The number of hydrogen-bond donors (Lipinski definition) is 4. The molecule has 11 nitrogen and oxygen atoms in total. The number of hydrogen-bond acceptors (Lipinski definition) is 11. The number of carbonyl (C=O) groups is 3. The molecule has 0 amide bonds. The van der Waals surface area contributed by atoms with Crippen LogP contribution in [-0.4, -0.2) is 92.8 Å². The predicted octanol–water partition coefficient (Wildman–Crippen LogP) is 1.44. The molecule has 4 N–H and O–H groups in total. The number of esters is 3. The first-order valence-corrected chi connectivity index (χ1v) is 14.2. The van der Waals surface area contributed by atoms with Crippen LogP contribution in [0.5, 0.6) is 0 Å². The highest BCUT2D eigenvalue weighted by atomic mass is 16.6. The zero-order valence-electron chi connectivity index (χ0n) is 24.7. The molecule has 5 rings (SSSR count). The number of aliphatic hydroxyl groups excluding tert-OH is 3. The van der Waals surface area contributed by atoms with E-state index in [1.165, 1.54) is 13.8 Å². The van der Waals surface area contributed by atoms with Crippen LogP contribution in [0.2, 0.25) is 0 Å². The summed E-state index contributed by atoms with van der Waals surface area (Å²) in [6.45, 7) is 8.75. The zero-order chi connectivity index (χ0) is 31.0. The molecule has 1 aliphatic heterocycles. The van der Waals surface area contributed by atoms with Crippen LogP contribution in [0.25, 0.3) is 0 Å². The molecule has 1 saturated heterocycles. The van der Waals surface area contributed by atoms with E-state index < -0.39 is 82.5 Å². The van der Waals surface area contributed by atoms with Crippen molar-refractivity contribution in [3.05, 3.63) is 47.0 Å². The van der Waals surface area contributed by atoms with Gasteiger partial charge in [0.25, 0.3) is 0 Å². The smallest absolute Gasteiger partial charge is 0.338 e. The highest BCUT2D eigenvalue weighted by Crippen LogP contribution is 2.65. The summed E-state index contributed by atoms with van der Waals surface area (Å²) in [6.07, 6.45) is -8.39. The molecule has 4 aliphatic rings. The molecular weight excluding hydrogens is 548 g/mol. The summed E-state index contributed by atoms with van der Waals surface area (Å²) in [5.41, 5.74) is -5.84. The molecular formula is C31H40O11. The van der Waals surface area contributed by atoms with Gasteiger partial charge in [0, 0.05) is 37.5 Å². The average molecular weight is 589 g/mol. The van der Waals surface area contributed by atoms with Gasteiger partial charge in [-0.1, -0.05) is 39.0 Å². The number of aliphatic hydroxyl groups is 4. The lowest BCUT2D eigenvalue weighted by Gasteiger charge is -2.69. The van der Waals surface area contributed by atoms with Crippen LogP contribution < -0.4 is 0 Å². The summed E-state index contributed by atoms with van der Waals surface area (Å²) in [6, 6.07) is 8.12. The lowest BCUT2D eigenvalue weighted by atomic mass is 9.44. The number of fused-ring (bicyclic) bond motifs is 5. The third kappa shape index (κ3) is 4.16. The summed E-state index contributed by atoms with van der Waals surface area (Å²) >= 11 is 0. The quantitative estimate of drug-likeness (QED) is 0.228. The van der Waals surface area contributed by atoms with Crippen molar-refractivity contribution in [1.29, 1.82) is 0 Å². The Hall–Kier alpha value is -2.83. The molecule has 2 bridgehead atoms. The monoisotopic (exact) mass is 588 g/mol. The molecule has 3 aliphatic carbocycles. The Morgan fingerprint density at radius 1 is 0.976 bits per heavy atom. The van der Waals surface area contributed by atoms with Crippen molar-refractivity contribution >= 4 is 17.9 Å². The number of rotatable bonds is 4. The third-order valence-corrected chi connectivity index (χ3v) is 10.4. The van der Waals surface area contributed by atoms with E-state index in [4.69, 9.17) is 18.9 Å². The van der Waals surface area contributed by atoms with Gasteiger partial charge in [-0.3, -0.25) is 9.59 Å². The highest BCUT2D eigenvalue weighted by molar-refractivity contribution is 5.89. The molecule has 10 atom stereocenters. The Kier molecular flexibility index (Phi) is 7.38. The van der Waals surface area contributed by atoms with Gasteiger partial charge in [-0.2, -0.15) is 0 Å². The van der Waals surface area contributed by atoms with Gasteiger partial charge in [0.1, 0.15) is 23.9 Å². The lowest BCUT2D eigenvalue weighted by Crippen LogP contribution is -2.82. The second-order valence-corrected chi connectivity index (χ2v) is 13.0. The molecule has 1 aromatic rings. The molecule has 1 unspecified atom stereocenters. The van der Waals surface area contributed by atoms with Gasteiger partial charge in [-0.15, -0.1) is 0 Å². The van der Waals surface area contributed by atoms with Gasteiger partial charge in [0.2, 0.25) is 0 Å². The maximum atomic E-state index is 13.7. The van der Waals surface area contributed by atoms with Gasteiger partial charge < -0.3 is 39.4 Å². The Balaban J connectivity index is 1.83. The van der Waals surface area contributed by atoms with Crippen LogP contribution >= 0.6 is 0 Å². The molecule has 230 valence electrons. The fourth-order valence-electron chi connectivity index (χ4n) is 8.15. The van der Waals surface area contributed by atoms with Crippen molar-refractivity contribution in [2.75, 3.05) is 6.61 Å². The van der Waals surface area contributed by atoms with E-state index in [9.17, 15) is 34.8 Å². The summed E-state index contributed by atoms with van der Waals surface area (Å²) in [7, 11) is 0. The summed E-state index contributed by atoms with van der Waals surface area (Å²) in [5, 5.41) is 48.2. The van der Waals surface area contributed by atoms with Gasteiger partial charge in [-0.25, -0.2) is 4.79 Å². The van der Waals surface area contributed by atoms with Gasteiger partial charge in [0.05, 0.1) is 30.3 Å². The molecule has 0 spiro atoms. The summed E-state index contributed by atoms with van der Waals surface area (Å²) in [5.74, 6) is -3.46. The highest BCUT2D eigenvalue weighted by Gasteiger charge is 2.78. The lowest BCUT2D eigenvalue weighted by molar-refractivity contribution is -0.365. The SMILES string of the molecule is CC(=O)O[C@@H]1C2=C(C)[C@@H](O)C[C@@](O)([C@@H](OC(=O)c3ccccc3)C3[C@@](C)([C@@H](O)C[C@H]4OC[C@@]34OC(C)=O)[C@H]1O)C2(C)C. The first-order chi connectivity index (χ1) is 19.5.